The number of esters is 1. The van der Waals surface area contributed by atoms with E-state index in [1.807, 2.05) is 0 Å². The summed E-state index contributed by atoms with van der Waals surface area (Å²) in [5.74, 6) is -0.659. The lowest BCUT2D eigenvalue weighted by Gasteiger charge is -2.20. The molecule has 1 aliphatic rings. The van der Waals surface area contributed by atoms with Crippen LogP contribution in [0.25, 0.3) is 6.08 Å². The Kier molecular flexibility index (Phi) is 5.23. The molecule has 0 radical (unpaired) electrons. The number of halogens is 1. The Balaban J connectivity index is 1.71. The lowest BCUT2D eigenvalue weighted by Crippen LogP contribution is -2.14. The van der Waals surface area contributed by atoms with Crippen LogP contribution in [0.5, 0.6) is 5.75 Å². The summed E-state index contributed by atoms with van der Waals surface area (Å²) in [4.78, 5) is 22.4. The fourth-order valence-corrected chi connectivity index (χ4v) is 2.46. The molecule has 2 aromatic rings. The van der Waals surface area contributed by atoms with Gasteiger partial charge in [0.25, 0.3) is 5.69 Å². The Bertz CT molecular complexity index is 880. The van der Waals surface area contributed by atoms with E-state index in [-0.39, 0.29) is 25.7 Å². The first-order valence-corrected chi connectivity index (χ1v) is 7.64. The molecule has 0 unspecified atom stereocenters. The molecule has 134 valence electrons. The molecular weight excluding hydrogens is 345 g/mol. The van der Waals surface area contributed by atoms with E-state index in [1.165, 1.54) is 36.4 Å². The summed E-state index contributed by atoms with van der Waals surface area (Å²) in [6, 6.07) is 8.39. The number of non-ortho nitro benzene ring substituents is 1. The number of carbonyl (C=O) groups excluding carboxylic acids is 1. The average molecular weight is 359 g/mol. The highest BCUT2D eigenvalue weighted by molar-refractivity contribution is 5.87. The first-order valence-electron chi connectivity index (χ1n) is 7.64. The van der Waals surface area contributed by atoms with Gasteiger partial charge in [-0.05, 0) is 23.8 Å². The minimum Gasteiger partial charge on any atom is -0.467 e. The zero-order chi connectivity index (χ0) is 18.5. The van der Waals surface area contributed by atoms with Crippen LogP contribution in [-0.4, -0.2) is 17.7 Å². The Morgan fingerprint density at radius 3 is 2.96 bits per heavy atom. The first-order chi connectivity index (χ1) is 12.5. The zero-order valence-corrected chi connectivity index (χ0v) is 13.5. The first kappa shape index (κ1) is 17.6. The van der Waals surface area contributed by atoms with E-state index >= 15 is 0 Å². The van der Waals surface area contributed by atoms with Gasteiger partial charge in [-0.2, -0.15) is 0 Å². The largest absolute Gasteiger partial charge is 0.467 e. The van der Waals surface area contributed by atoms with Gasteiger partial charge in [-0.3, -0.25) is 10.1 Å². The third kappa shape index (κ3) is 4.22. The molecule has 8 heteroatoms. The van der Waals surface area contributed by atoms with E-state index in [0.717, 1.165) is 6.08 Å². The van der Waals surface area contributed by atoms with Crippen LogP contribution >= 0.6 is 0 Å². The Morgan fingerprint density at radius 2 is 2.19 bits per heavy atom. The minimum atomic E-state index is -0.665. The van der Waals surface area contributed by atoms with Gasteiger partial charge in [-0.1, -0.05) is 12.1 Å². The maximum Gasteiger partial charge on any atom is 0.331 e. The number of carbonyl (C=O) groups is 1. The monoisotopic (exact) mass is 359 g/mol. The normalized spacial score (nSPS) is 13.1. The van der Waals surface area contributed by atoms with Crippen LogP contribution in [0.4, 0.5) is 10.1 Å². The highest BCUT2D eigenvalue weighted by Gasteiger charge is 2.21. The van der Waals surface area contributed by atoms with Crippen molar-refractivity contribution < 1.29 is 28.3 Å². The standard InChI is InChI=1S/C18H14FNO6/c19-15-3-1-2-12(6-15)4-5-17(21)25-10-14-8-16(20(22)23)7-13-9-24-11-26-18(13)14/h1-8H,9-11H2/b5-4+. The van der Waals surface area contributed by atoms with Crippen molar-refractivity contribution in [3.8, 4) is 5.75 Å². The number of benzene rings is 2. The second-order valence-corrected chi connectivity index (χ2v) is 5.46. The van der Waals surface area contributed by atoms with Crippen LogP contribution in [0, 0.1) is 15.9 Å². The summed E-state index contributed by atoms with van der Waals surface area (Å²) in [5, 5.41) is 11.0. The maximum atomic E-state index is 13.1. The average Bonchev–Trinajstić information content (AvgIpc) is 2.64. The molecule has 0 aromatic heterocycles. The number of nitro benzene ring substituents is 1. The highest BCUT2D eigenvalue weighted by atomic mass is 19.1. The number of nitrogens with zero attached hydrogens (tertiary/aromatic N) is 1. The topological polar surface area (TPSA) is 87.9 Å². The summed E-state index contributed by atoms with van der Waals surface area (Å²) in [6.45, 7) is -0.000989. The van der Waals surface area contributed by atoms with E-state index in [9.17, 15) is 19.3 Å². The number of nitro groups is 1. The molecule has 1 aliphatic heterocycles. The van der Waals surface area contributed by atoms with Gasteiger partial charge in [0.2, 0.25) is 0 Å². The molecule has 0 atom stereocenters. The van der Waals surface area contributed by atoms with Crippen LogP contribution in [-0.2, 0) is 27.5 Å². The van der Waals surface area contributed by atoms with Crippen LogP contribution < -0.4 is 4.74 Å². The number of fused-ring (bicyclic) bond motifs is 1. The molecule has 0 amide bonds. The minimum absolute atomic E-state index is 0.0191. The van der Waals surface area contributed by atoms with Crippen molar-refractivity contribution in [2.24, 2.45) is 0 Å². The van der Waals surface area contributed by atoms with E-state index in [2.05, 4.69) is 0 Å². The molecule has 0 saturated carbocycles. The van der Waals surface area contributed by atoms with E-state index in [0.29, 0.717) is 22.4 Å². The van der Waals surface area contributed by atoms with Gasteiger partial charge >= 0.3 is 5.97 Å². The third-order valence-corrected chi connectivity index (χ3v) is 3.61. The van der Waals surface area contributed by atoms with Gasteiger partial charge in [0, 0.05) is 29.3 Å². The summed E-state index contributed by atoms with van der Waals surface area (Å²) < 4.78 is 28.7. The quantitative estimate of drug-likeness (QED) is 0.352. The highest BCUT2D eigenvalue weighted by Crippen LogP contribution is 2.33. The van der Waals surface area contributed by atoms with Gasteiger partial charge in [0.15, 0.2) is 6.79 Å². The molecule has 2 aromatic carbocycles. The van der Waals surface area contributed by atoms with E-state index in [4.69, 9.17) is 14.2 Å². The van der Waals surface area contributed by atoms with E-state index in [1.54, 1.807) is 6.07 Å². The summed E-state index contributed by atoms with van der Waals surface area (Å²) >= 11 is 0. The third-order valence-electron chi connectivity index (χ3n) is 3.61. The molecule has 0 aliphatic carbocycles. The van der Waals surface area contributed by atoms with E-state index < -0.39 is 16.7 Å². The zero-order valence-electron chi connectivity index (χ0n) is 13.5. The van der Waals surface area contributed by atoms with Gasteiger partial charge in [-0.25, -0.2) is 9.18 Å². The van der Waals surface area contributed by atoms with Crippen molar-refractivity contribution in [2.75, 3.05) is 6.79 Å². The fraction of sp³-hybridized carbons (Fsp3) is 0.167. The number of rotatable bonds is 5. The van der Waals surface area contributed by atoms with Crippen LogP contribution in [0.15, 0.2) is 42.5 Å². The predicted octanol–water partition coefficient (Wildman–Crippen LogP) is 3.36. The number of ether oxygens (including phenoxy) is 3. The molecule has 0 N–H and O–H groups in total. The molecule has 0 fully saturated rings. The fourth-order valence-electron chi connectivity index (χ4n) is 2.46. The second-order valence-electron chi connectivity index (χ2n) is 5.46. The second kappa shape index (κ2) is 7.75. The molecule has 1 heterocycles. The van der Waals surface area contributed by atoms with Crippen molar-refractivity contribution in [3.05, 3.63) is 75.1 Å². The molecule has 3 rings (SSSR count). The molecule has 7 nitrogen and oxygen atoms in total. The van der Waals surface area contributed by atoms with Crippen molar-refractivity contribution in [2.45, 2.75) is 13.2 Å². The predicted molar refractivity (Wildman–Crippen MR) is 88.6 cm³/mol. The summed E-state index contributed by atoms with van der Waals surface area (Å²) in [5.41, 5.74) is 1.27. The Hall–Kier alpha value is -3.26. The molecule has 0 saturated heterocycles. The van der Waals surface area contributed by atoms with Crippen LogP contribution in [0.3, 0.4) is 0 Å². The Morgan fingerprint density at radius 1 is 1.35 bits per heavy atom. The van der Waals surface area contributed by atoms with Crippen molar-refractivity contribution in [1.82, 2.24) is 0 Å². The lowest BCUT2D eigenvalue weighted by atomic mass is 10.1. The summed E-state index contributed by atoms with van der Waals surface area (Å²) in [6.07, 6.45) is 2.57. The lowest BCUT2D eigenvalue weighted by molar-refractivity contribution is -0.385. The van der Waals surface area contributed by atoms with Crippen molar-refractivity contribution in [1.29, 1.82) is 0 Å². The van der Waals surface area contributed by atoms with Gasteiger partial charge in [0.05, 0.1) is 11.5 Å². The molecular formula is C18H14FNO6. The number of hydrogen-bond donors (Lipinski definition) is 0. The molecule has 0 spiro atoms. The maximum absolute atomic E-state index is 13.1. The molecule has 0 bridgehead atoms. The Labute approximate surface area is 147 Å². The van der Waals surface area contributed by atoms with Gasteiger partial charge < -0.3 is 14.2 Å². The summed E-state index contributed by atoms with van der Waals surface area (Å²) in [7, 11) is 0. The smallest absolute Gasteiger partial charge is 0.331 e. The van der Waals surface area contributed by atoms with Gasteiger partial charge in [0.1, 0.15) is 18.2 Å². The molecule has 26 heavy (non-hydrogen) atoms. The van der Waals surface area contributed by atoms with Crippen LogP contribution in [0.1, 0.15) is 16.7 Å². The van der Waals surface area contributed by atoms with Gasteiger partial charge in [-0.15, -0.1) is 0 Å². The van der Waals surface area contributed by atoms with Crippen LogP contribution in [0.2, 0.25) is 0 Å². The number of hydrogen-bond acceptors (Lipinski definition) is 6. The van der Waals surface area contributed by atoms with Crippen molar-refractivity contribution >= 4 is 17.7 Å². The van der Waals surface area contributed by atoms with Crippen molar-refractivity contribution in [3.63, 3.8) is 0 Å². The SMILES string of the molecule is O=C(/C=C/c1cccc(F)c1)OCc1cc([N+](=O)[O-])cc2c1OCOC2.